The van der Waals surface area contributed by atoms with Gasteiger partial charge in [-0.3, -0.25) is 9.36 Å². The number of nitrogens with zero attached hydrogens (tertiary/aromatic N) is 4. The third kappa shape index (κ3) is 4.61. The number of hydrogen-bond donors (Lipinski definition) is 2. The number of amides is 1. The quantitative estimate of drug-likeness (QED) is 0.407. The summed E-state index contributed by atoms with van der Waals surface area (Å²) in [5.74, 6) is -0.648. The van der Waals surface area contributed by atoms with Crippen molar-refractivity contribution in [1.82, 2.24) is 19.5 Å². The van der Waals surface area contributed by atoms with E-state index in [1.54, 1.807) is 59.2 Å². The molecule has 5 rings (SSSR count). The highest BCUT2D eigenvalue weighted by molar-refractivity contribution is 6.06. The summed E-state index contributed by atoms with van der Waals surface area (Å²) in [6.07, 6.45) is -0.527. The van der Waals surface area contributed by atoms with E-state index in [2.05, 4.69) is 20.3 Å². The van der Waals surface area contributed by atoms with Crippen molar-refractivity contribution in [1.29, 1.82) is 0 Å². The summed E-state index contributed by atoms with van der Waals surface area (Å²) in [7, 11) is 0. The van der Waals surface area contributed by atoms with Gasteiger partial charge in [0.15, 0.2) is 17.0 Å². The van der Waals surface area contributed by atoms with Crippen molar-refractivity contribution in [3.8, 4) is 0 Å². The first kappa shape index (κ1) is 21.4. The molecule has 4 atom stereocenters. The van der Waals surface area contributed by atoms with Crippen molar-refractivity contribution >= 4 is 28.9 Å². The number of rotatable bonds is 6. The predicted molar refractivity (Wildman–Crippen MR) is 126 cm³/mol. The van der Waals surface area contributed by atoms with Gasteiger partial charge in [-0.05, 0) is 31.2 Å². The molecule has 10 nitrogen and oxygen atoms in total. The average molecular weight is 475 g/mol. The van der Waals surface area contributed by atoms with Gasteiger partial charge in [-0.1, -0.05) is 36.4 Å². The Hall–Kier alpha value is -4.15. The van der Waals surface area contributed by atoms with Gasteiger partial charge in [-0.25, -0.2) is 19.7 Å². The molecule has 178 valence electrons. The molecular weight excluding hydrogens is 450 g/mol. The number of benzene rings is 2. The highest BCUT2D eigenvalue weighted by atomic mass is 16.6. The van der Waals surface area contributed by atoms with Crippen LogP contribution in [0.1, 0.15) is 41.6 Å². The maximum atomic E-state index is 12.6. The second-order valence-corrected chi connectivity index (χ2v) is 8.03. The minimum atomic E-state index is -1.16. The van der Waals surface area contributed by atoms with Crippen LogP contribution in [0.2, 0.25) is 0 Å². The van der Waals surface area contributed by atoms with Crippen molar-refractivity contribution in [2.24, 2.45) is 0 Å². The number of anilines is 1. The van der Waals surface area contributed by atoms with Gasteiger partial charge >= 0.3 is 5.97 Å². The highest BCUT2D eigenvalue weighted by Crippen LogP contribution is 2.35. The number of nitrogens with one attached hydrogen (secondary N) is 1. The van der Waals surface area contributed by atoms with E-state index >= 15 is 0 Å². The molecule has 0 spiro atoms. The van der Waals surface area contributed by atoms with E-state index in [0.717, 1.165) is 0 Å². The third-order valence-electron chi connectivity index (χ3n) is 5.70. The van der Waals surface area contributed by atoms with Crippen molar-refractivity contribution in [2.75, 3.05) is 5.32 Å². The van der Waals surface area contributed by atoms with Gasteiger partial charge in [0.05, 0.1) is 18.0 Å². The van der Waals surface area contributed by atoms with Gasteiger partial charge in [-0.2, -0.15) is 0 Å². The molecule has 4 aromatic rings. The normalized spacial score (nSPS) is 20.8. The maximum absolute atomic E-state index is 12.6. The number of fused-ring (bicyclic) bond motifs is 1. The van der Waals surface area contributed by atoms with E-state index in [1.165, 1.54) is 12.7 Å². The minimum absolute atomic E-state index is 0.210. The Morgan fingerprint density at radius 3 is 2.54 bits per heavy atom. The summed E-state index contributed by atoms with van der Waals surface area (Å²) < 4.78 is 20.9. The lowest BCUT2D eigenvalue weighted by atomic mass is 10.1. The summed E-state index contributed by atoms with van der Waals surface area (Å²) in [6.45, 7) is -0.320. The molecule has 2 aromatic carbocycles. The first-order valence-corrected chi connectivity index (χ1v) is 11.0. The topological polar surface area (TPSA) is 128 Å². The van der Waals surface area contributed by atoms with Crippen LogP contribution in [0.5, 0.6) is 0 Å². The number of aliphatic hydroxyl groups excluding tert-OH is 1. The second kappa shape index (κ2) is 9.61. The molecule has 1 fully saturated rings. The number of carbonyl (C=O) groups is 2. The Balaban J connectivity index is 1.39. The number of aromatic nitrogens is 4. The Kier molecular flexibility index (Phi) is 5.87. The molecule has 0 aliphatic carbocycles. The number of ether oxygens (including phenoxy) is 2. The molecule has 0 bridgehead atoms. The summed E-state index contributed by atoms with van der Waals surface area (Å²) in [5.41, 5.74) is 1.60. The number of hydrogen-bond acceptors (Lipinski definition) is 8. The summed E-state index contributed by atoms with van der Waals surface area (Å²) in [5, 5.41) is 13.1. The van der Waals surface area contributed by atoms with Crippen molar-refractivity contribution in [2.45, 2.75) is 37.9 Å². The fraction of sp³-hybridized carbons (Fsp3) is 0.240. The molecule has 0 radical (unpaired) electrons. The molecule has 2 aromatic heterocycles. The number of imidazole rings is 1. The van der Waals surface area contributed by atoms with Crippen LogP contribution >= 0.6 is 0 Å². The standard InChI is InChI=1S/C25H23N5O5/c1-15(31)21-18(34-25(33)17-10-6-3-7-11-17)12-19(35-21)30-14-28-20-22(26-13-27-23(20)30)29-24(32)16-8-4-2-5-9-16/h2-11,13-15,18-19,21,31H,12H2,1H3,(H,26,27,29,32)/t15?,18?,19-,21-/m1/s1/i1T. The molecule has 0 saturated carbocycles. The SMILES string of the molecule is [3H]CC(O)[C@H]1O[C@@H](n2cnc3c(NC(=O)c4ccccc4)ncnc32)CC1OC(=O)c1ccccc1. The van der Waals surface area contributed by atoms with E-state index in [-0.39, 0.29) is 25.0 Å². The second-order valence-electron chi connectivity index (χ2n) is 8.03. The predicted octanol–water partition coefficient (Wildman–Crippen LogP) is 2.97. The summed E-state index contributed by atoms with van der Waals surface area (Å²) in [6, 6.07) is 17.2. The molecule has 1 aliphatic heterocycles. The zero-order chi connectivity index (χ0) is 25.1. The fourth-order valence-electron chi connectivity index (χ4n) is 3.99. The van der Waals surface area contributed by atoms with Crippen LogP contribution in [0.25, 0.3) is 11.2 Å². The molecule has 2 unspecified atom stereocenters. The van der Waals surface area contributed by atoms with E-state index < -0.39 is 30.5 Å². The lowest BCUT2D eigenvalue weighted by Gasteiger charge is -2.21. The van der Waals surface area contributed by atoms with E-state index in [4.69, 9.17) is 10.8 Å². The lowest BCUT2D eigenvalue weighted by molar-refractivity contribution is -0.0792. The van der Waals surface area contributed by atoms with Crippen molar-refractivity contribution in [3.05, 3.63) is 84.4 Å². The van der Waals surface area contributed by atoms with E-state index in [1.807, 2.05) is 6.07 Å². The van der Waals surface area contributed by atoms with Crippen LogP contribution in [-0.4, -0.2) is 54.8 Å². The number of esters is 1. The van der Waals surface area contributed by atoms with Gasteiger partial charge in [0.1, 0.15) is 24.8 Å². The van der Waals surface area contributed by atoms with Gasteiger partial charge in [-0.15, -0.1) is 0 Å². The fourth-order valence-corrected chi connectivity index (χ4v) is 3.99. The first-order chi connectivity index (χ1) is 17.5. The maximum Gasteiger partial charge on any atom is 0.338 e. The molecule has 2 N–H and O–H groups in total. The van der Waals surface area contributed by atoms with Crippen LogP contribution in [-0.2, 0) is 9.47 Å². The van der Waals surface area contributed by atoms with Crippen LogP contribution < -0.4 is 5.32 Å². The van der Waals surface area contributed by atoms with Crippen LogP contribution in [0.15, 0.2) is 73.3 Å². The smallest absolute Gasteiger partial charge is 0.338 e. The highest BCUT2D eigenvalue weighted by Gasteiger charge is 2.42. The van der Waals surface area contributed by atoms with Gasteiger partial charge in [0.2, 0.25) is 0 Å². The van der Waals surface area contributed by atoms with Crippen LogP contribution in [0, 0.1) is 0 Å². The third-order valence-corrected chi connectivity index (χ3v) is 5.70. The number of carbonyl (C=O) groups excluding carboxylic acids is 2. The van der Waals surface area contributed by atoms with Crippen molar-refractivity contribution < 1.29 is 25.5 Å². The molecular formula is C25H23N5O5. The van der Waals surface area contributed by atoms with Gasteiger partial charge in [0.25, 0.3) is 5.91 Å². The first-order valence-electron chi connectivity index (χ1n) is 11.7. The minimum Gasteiger partial charge on any atom is -0.456 e. The Bertz CT molecular complexity index is 1370. The zero-order valence-corrected chi connectivity index (χ0v) is 18.5. The summed E-state index contributed by atoms with van der Waals surface area (Å²) in [4.78, 5) is 38.1. The van der Waals surface area contributed by atoms with Crippen LogP contribution in [0.3, 0.4) is 0 Å². The Morgan fingerprint density at radius 2 is 1.83 bits per heavy atom. The van der Waals surface area contributed by atoms with E-state index in [9.17, 15) is 14.7 Å². The monoisotopic (exact) mass is 475 g/mol. The van der Waals surface area contributed by atoms with Crippen molar-refractivity contribution in [3.63, 3.8) is 0 Å². The molecule has 1 saturated heterocycles. The molecule has 1 amide bonds. The van der Waals surface area contributed by atoms with Crippen LogP contribution in [0.4, 0.5) is 5.82 Å². The zero-order valence-electron chi connectivity index (χ0n) is 19.5. The molecule has 10 heteroatoms. The summed E-state index contributed by atoms with van der Waals surface area (Å²) >= 11 is 0. The Labute approximate surface area is 202 Å². The number of aliphatic hydroxyl groups is 1. The molecule has 1 aliphatic rings. The largest absolute Gasteiger partial charge is 0.456 e. The van der Waals surface area contributed by atoms with Gasteiger partial charge in [0, 0.05) is 13.4 Å². The molecule has 35 heavy (non-hydrogen) atoms. The average Bonchev–Trinajstić information content (AvgIpc) is 3.54. The lowest BCUT2D eigenvalue weighted by Crippen LogP contribution is -2.35. The van der Waals surface area contributed by atoms with E-state index in [0.29, 0.717) is 22.3 Å². The molecule has 3 heterocycles. The Morgan fingerprint density at radius 1 is 1.11 bits per heavy atom. The van der Waals surface area contributed by atoms with Gasteiger partial charge < -0.3 is 19.9 Å².